The monoisotopic (exact) mass is 788 g/mol. The quantitative estimate of drug-likeness (QED) is 0.100. The van der Waals surface area contributed by atoms with Gasteiger partial charge in [0.15, 0.2) is 0 Å². The number of fused-ring (bicyclic) bond motifs is 2. The van der Waals surface area contributed by atoms with Gasteiger partial charge in [-0.3, -0.25) is 9.59 Å². The molecule has 7 rings (SSSR count). The summed E-state index contributed by atoms with van der Waals surface area (Å²) in [6, 6.07) is 18.8. The molecule has 14 heteroatoms. The molecular formula is C44H52N8O6. The topological polar surface area (TPSA) is 175 Å². The van der Waals surface area contributed by atoms with Crippen LogP contribution in [-0.4, -0.2) is 93.1 Å². The van der Waals surface area contributed by atoms with Gasteiger partial charge in [0.25, 0.3) is 0 Å². The van der Waals surface area contributed by atoms with Crippen molar-refractivity contribution in [1.29, 1.82) is 0 Å². The van der Waals surface area contributed by atoms with Crippen LogP contribution in [0.3, 0.4) is 0 Å². The van der Waals surface area contributed by atoms with E-state index in [0.717, 1.165) is 81.7 Å². The molecule has 2 aromatic heterocycles. The average molecular weight is 789 g/mol. The number of aromatic amines is 2. The number of carbonyl (C=O) groups excluding carboxylic acids is 4. The van der Waals surface area contributed by atoms with Crippen molar-refractivity contribution in [3.63, 3.8) is 0 Å². The van der Waals surface area contributed by atoms with E-state index in [1.807, 2.05) is 55.7 Å². The number of H-pyrrole nitrogens is 2. The minimum atomic E-state index is -0.688. The molecule has 5 aromatic rings. The summed E-state index contributed by atoms with van der Waals surface area (Å²) in [5.41, 5.74) is 7.60. The first-order chi connectivity index (χ1) is 27.9. The number of alkyl carbamates (subject to hydrolysis) is 2. The number of hydrogen-bond acceptors (Lipinski definition) is 8. The minimum Gasteiger partial charge on any atom is -0.453 e. The molecule has 0 aliphatic carbocycles. The normalized spacial score (nSPS) is 18.1. The predicted molar refractivity (Wildman–Crippen MR) is 222 cm³/mol. The van der Waals surface area contributed by atoms with Crippen molar-refractivity contribution in [1.82, 2.24) is 40.4 Å². The first-order valence-electron chi connectivity index (χ1n) is 20.0. The summed E-state index contributed by atoms with van der Waals surface area (Å²) in [7, 11) is 2.58. The molecule has 0 spiro atoms. The largest absolute Gasteiger partial charge is 0.453 e. The van der Waals surface area contributed by atoms with E-state index < -0.39 is 24.3 Å². The van der Waals surface area contributed by atoms with E-state index >= 15 is 0 Å². The van der Waals surface area contributed by atoms with Gasteiger partial charge in [-0.25, -0.2) is 19.6 Å². The van der Waals surface area contributed by atoms with E-state index in [1.165, 1.54) is 14.2 Å². The molecule has 0 bridgehead atoms. The molecule has 2 aliphatic heterocycles. The number of aromatic nitrogens is 4. The van der Waals surface area contributed by atoms with Gasteiger partial charge in [0, 0.05) is 13.1 Å². The molecule has 0 saturated carbocycles. The lowest BCUT2D eigenvalue weighted by Crippen LogP contribution is -2.51. The lowest BCUT2D eigenvalue weighted by Gasteiger charge is -2.29. The summed E-state index contributed by atoms with van der Waals surface area (Å²) < 4.78 is 9.53. The Hall–Kier alpha value is -6.18. The number of nitrogens with one attached hydrogen (secondary N) is 4. The number of rotatable bonds is 11. The average Bonchev–Trinajstić information content (AvgIpc) is 4.05. The second kappa shape index (κ2) is 17.1. The number of methoxy groups -OCH3 is 2. The molecule has 304 valence electrons. The van der Waals surface area contributed by atoms with Crippen molar-refractivity contribution < 1.29 is 28.7 Å². The van der Waals surface area contributed by atoms with Crippen molar-refractivity contribution in [3.05, 3.63) is 83.4 Å². The van der Waals surface area contributed by atoms with Gasteiger partial charge in [0.05, 0.1) is 48.4 Å². The fourth-order valence-corrected chi connectivity index (χ4v) is 8.04. The number of benzene rings is 3. The number of likely N-dealkylation sites (tertiary alicyclic amines) is 2. The van der Waals surface area contributed by atoms with Crippen molar-refractivity contribution >= 4 is 58.2 Å². The Balaban J connectivity index is 1.02. The van der Waals surface area contributed by atoms with E-state index in [1.54, 1.807) is 0 Å². The van der Waals surface area contributed by atoms with Crippen LogP contribution in [0.5, 0.6) is 0 Å². The maximum absolute atomic E-state index is 13.6. The van der Waals surface area contributed by atoms with E-state index in [9.17, 15) is 19.2 Å². The summed E-state index contributed by atoms with van der Waals surface area (Å²) in [4.78, 5) is 71.4. The van der Waals surface area contributed by atoms with Crippen LogP contribution in [0.15, 0.2) is 60.7 Å². The molecule has 4 unspecified atom stereocenters. The van der Waals surface area contributed by atoms with E-state index in [-0.39, 0.29) is 35.7 Å². The molecule has 58 heavy (non-hydrogen) atoms. The minimum absolute atomic E-state index is 0.104. The third-order valence-electron chi connectivity index (χ3n) is 11.2. The van der Waals surface area contributed by atoms with Crippen LogP contribution >= 0.6 is 0 Å². The van der Waals surface area contributed by atoms with Gasteiger partial charge < -0.3 is 39.9 Å². The molecule has 2 fully saturated rings. The van der Waals surface area contributed by atoms with E-state index in [0.29, 0.717) is 13.1 Å². The van der Waals surface area contributed by atoms with Crippen molar-refractivity contribution in [2.24, 2.45) is 11.8 Å². The van der Waals surface area contributed by atoms with Gasteiger partial charge in [0.1, 0.15) is 23.7 Å². The first-order valence-corrected chi connectivity index (χ1v) is 20.0. The van der Waals surface area contributed by atoms with Gasteiger partial charge in [-0.2, -0.15) is 0 Å². The highest BCUT2D eigenvalue weighted by Crippen LogP contribution is 2.35. The van der Waals surface area contributed by atoms with Crippen LogP contribution in [-0.2, 0) is 19.1 Å². The molecule has 2 saturated heterocycles. The van der Waals surface area contributed by atoms with Gasteiger partial charge >= 0.3 is 12.2 Å². The third-order valence-corrected chi connectivity index (χ3v) is 11.2. The molecule has 2 aliphatic rings. The van der Waals surface area contributed by atoms with Crippen LogP contribution in [0, 0.1) is 11.8 Å². The molecule has 4 amide bonds. The number of carbonyl (C=O) groups is 4. The Bertz CT molecular complexity index is 2330. The van der Waals surface area contributed by atoms with Gasteiger partial charge in [-0.15, -0.1) is 0 Å². The fourth-order valence-electron chi connectivity index (χ4n) is 8.04. The summed E-state index contributed by atoms with van der Waals surface area (Å²) >= 11 is 0. The third kappa shape index (κ3) is 8.41. The summed E-state index contributed by atoms with van der Waals surface area (Å²) in [5, 5.41) is 5.41. The van der Waals surface area contributed by atoms with Crippen LogP contribution in [0.25, 0.3) is 45.3 Å². The second-order valence-corrected chi connectivity index (χ2v) is 15.8. The summed E-state index contributed by atoms with van der Waals surface area (Å²) in [6.07, 6.45) is 6.16. The van der Waals surface area contributed by atoms with Crippen molar-refractivity contribution in [2.45, 2.75) is 77.5 Å². The van der Waals surface area contributed by atoms with Crippen LogP contribution in [0.1, 0.15) is 88.2 Å². The maximum atomic E-state index is 13.6. The predicted octanol–water partition coefficient (Wildman–Crippen LogP) is 7.36. The van der Waals surface area contributed by atoms with Gasteiger partial charge in [-0.05, 0) is 84.0 Å². The zero-order valence-electron chi connectivity index (χ0n) is 33.9. The molecule has 0 radical (unpaired) electrons. The smallest absolute Gasteiger partial charge is 0.407 e. The fraction of sp³-hybridized carbons (Fsp3) is 0.409. The number of amides is 4. The first kappa shape index (κ1) is 40.0. The van der Waals surface area contributed by atoms with E-state index in [2.05, 4.69) is 75.2 Å². The number of hydrogen-bond donors (Lipinski definition) is 4. The standard InChI is InChI=1S/C44H52N8O6/c1-25(2)37(49-43(55)57-5)41(53)51-21-7-9-35(51)39-45-31-19-15-28(23-33(31)47-39)12-11-27-13-16-29(17-14-27)30-18-20-32-34(24-30)48-40(46-32)36-10-8-22-52(36)42(54)38(26(3)4)50-44(56)58-6/h11-20,23-26,35-38H,7-10,21-22H2,1-6H3,(H,45,47)(H,46,48)(H,49,55)(H,50,56)/b12-11+. The molecular weight excluding hydrogens is 737 g/mol. The highest BCUT2D eigenvalue weighted by molar-refractivity contribution is 5.88. The maximum Gasteiger partial charge on any atom is 0.407 e. The summed E-state index contributed by atoms with van der Waals surface area (Å²) in [6.45, 7) is 8.81. The zero-order chi connectivity index (χ0) is 41.1. The SMILES string of the molecule is COC(=O)NC(C(=O)N1CCCC1c1nc2ccc(/C=C/c3ccc(-c4ccc5nc(C6CCCN6C(=O)C(NC(=O)OC)C(C)C)[nH]c5c4)cc3)cc2[nH]1)C(C)C. The van der Waals surface area contributed by atoms with Crippen LogP contribution in [0.4, 0.5) is 9.59 Å². The molecule has 3 aromatic carbocycles. The lowest BCUT2D eigenvalue weighted by atomic mass is 10.0. The lowest BCUT2D eigenvalue weighted by molar-refractivity contribution is -0.136. The number of ether oxygens (including phenoxy) is 2. The molecule has 4 N–H and O–H groups in total. The van der Waals surface area contributed by atoms with Crippen LogP contribution < -0.4 is 10.6 Å². The highest BCUT2D eigenvalue weighted by Gasteiger charge is 2.39. The molecule has 4 atom stereocenters. The second-order valence-electron chi connectivity index (χ2n) is 15.8. The van der Waals surface area contributed by atoms with Gasteiger partial charge in [-0.1, -0.05) is 76.2 Å². The van der Waals surface area contributed by atoms with Crippen molar-refractivity contribution in [3.8, 4) is 11.1 Å². The Morgan fingerprint density at radius 1 is 0.655 bits per heavy atom. The Morgan fingerprint density at radius 3 is 1.60 bits per heavy atom. The van der Waals surface area contributed by atoms with E-state index in [4.69, 9.17) is 19.4 Å². The number of nitrogens with zero attached hydrogens (tertiary/aromatic N) is 4. The highest BCUT2D eigenvalue weighted by atomic mass is 16.5. The number of imidazole rings is 2. The van der Waals surface area contributed by atoms with Crippen molar-refractivity contribution in [2.75, 3.05) is 27.3 Å². The Kier molecular flexibility index (Phi) is 11.8. The Labute approximate surface area is 337 Å². The Morgan fingerprint density at radius 2 is 1.10 bits per heavy atom. The van der Waals surface area contributed by atoms with Crippen LogP contribution in [0.2, 0.25) is 0 Å². The van der Waals surface area contributed by atoms with Gasteiger partial charge in [0.2, 0.25) is 11.8 Å². The molecule has 14 nitrogen and oxygen atoms in total. The molecule has 4 heterocycles. The summed E-state index contributed by atoms with van der Waals surface area (Å²) in [5.74, 6) is 0.997. The zero-order valence-corrected chi connectivity index (χ0v) is 33.9.